The van der Waals surface area contributed by atoms with Gasteiger partial charge in [0.25, 0.3) is 0 Å². The SMILES string of the molecule is O[C@H]1Cc2ccccc2C[C@@H]1NCc1nc2ccccc2s1. The lowest BCUT2D eigenvalue weighted by Gasteiger charge is -2.30. The topological polar surface area (TPSA) is 45.1 Å². The van der Waals surface area contributed by atoms with Crippen molar-refractivity contribution in [1.82, 2.24) is 10.3 Å². The molecule has 3 aromatic rings. The second-order valence-corrected chi connectivity index (χ2v) is 6.92. The van der Waals surface area contributed by atoms with E-state index in [0.717, 1.165) is 23.4 Å². The first-order valence-corrected chi connectivity index (χ1v) is 8.44. The van der Waals surface area contributed by atoms with E-state index in [0.29, 0.717) is 6.54 Å². The zero-order valence-electron chi connectivity index (χ0n) is 12.2. The summed E-state index contributed by atoms with van der Waals surface area (Å²) in [5.74, 6) is 0. The molecule has 0 unspecified atom stereocenters. The first-order valence-electron chi connectivity index (χ1n) is 7.62. The highest BCUT2D eigenvalue weighted by molar-refractivity contribution is 7.18. The molecule has 0 radical (unpaired) electrons. The van der Waals surface area contributed by atoms with Crippen LogP contribution in [-0.4, -0.2) is 22.2 Å². The number of aliphatic hydroxyl groups is 1. The Morgan fingerprint density at radius 2 is 1.77 bits per heavy atom. The van der Waals surface area contributed by atoms with Crippen LogP contribution in [0.3, 0.4) is 0 Å². The third kappa shape index (κ3) is 2.65. The van der Waals surface area contributed by atoms with Gasteiger partial charge in [-0.25, -0.2) is 4.98 Å². The fourth-order valence-electron chi connectivity index (χ4n) is 3.12. The Bertz CT molecular complexity index is 765. The molecule has 112 valence electrons. The fraction of sp³-hybridized carbons (Fsp3) is 0.278. The van der Waals surface area contributed by atoms with Crippen molar-refractivity contribution in [2.75, 3.05) is 0 Å². The van der Waals surface area contributed by atoms with E-state index in [2.05, 4.69) is 34.6 Å². The number of para-hydroxylation sites is 1. The molecule has 1 aromatic heterocycles. The summed E-state index contributed by atoms with van der Waals surface area (Å²) in [6, 6.07) is 16.7. The van der Waals surface area contributed by atoms with Gasteiger partial charge in [0, 0.05) is 19.0 Å². The van der Waals surface area contributed by atoms with E-state index in [-0.39, 0.29) is 12.1 Å². The fourth-order valence-corrected chi connectivity index (χ4v) is 4.04. The van der Waals surface area contributed by atoms with Crippen molar-refractivity contribution in [2.24, 2.45) is 0 Å². The lowest BCUT2D eigenvalue weighted by atomic mass is 9.86. The van der Waals surface area contributed by atoms with E-state index >= 15 is 0 Å². The molecular formula is C18H18N2OS. The van der Waals surface area contributed by atoms with Crippen LogP contribution in [-0.2, 0) is 19.4 Å². The zero-order valence-corrected chi connectivity index (χ0v) is 13.0. The van der Waals surface area contributed by atoms with Crippen LogP contribution in [0.15, 0.2) is 48.5 Å². The maximum absolute atomic E-state index is 10.4. The number of fused-ring (bicyclic) bond motifs is 2. The molecule has 0 aliphatic heterocycles. The van der Waals surface area contributed by atoms with E-state index in [1.807, 2.05) is 24.3 Å². The van der Waals surface area contributed by atoms with Crippen molar-refractivity contribution < 1.29 is 5.11 Å². The Balaban J connectivity index is 1.47. The van der Waals surface area contributed by atoms with Gasteiger partial charge in [-0.05, 0) is 29.7 Å². The second-order valence-electron chi connectivity index (χ2n) is 5.81. The highest BCUT2D eigenvalue weighted by atomic mass is 32.1. The maximum Gasteiger partial charge on any atom is 0.108 e. The Morgan fingerprint density at radius 1 is 1.05 bits per heavy atom. The van der Waals surface area contributed by atoms with E-state index in [4.69, 9.17) is 0 Å². The van der Waals surface area contributed by atoms with Gasteiger partial charge in [0.2, 0.25) is 0 Å². The Kier molecular flexibility index (Phi) is 3.66. The van der Waals surface area contributed by atoms with Gasteiger partial charge < -0.3 is 10.4 Å². The monoisotopic (exact) mass is 310 g/mol. The third-order valence-electron chi connectivity index (χ3n) is 4.31. The van der Waals surface area contributed by atoms with Crippen molar-refractivity contribution in [2.45, 2.75) is 31.5 Å². The molecule has 22 heavy (non-hydrogen) atoms. The molecular weight excluding hydrogens is 292 g/mol. The molecule has 0 saturated carbocycles. The molecule has 4 rings (SSSR count). The van der Waals surface area contributed by atoms with Crippen molar-refractivity contribution in [3.05, 3.63) is 64.7 Å². The third-order valence-corrected chi connectivity index (χ3v) is 5.34. The molecule has 1 heterocycles. The summed E-state index contributed by atoms with van der Waals surface area (Å²) in [4.78, 5) is 4.64. The molecule has 0 fully saturated rings. The van der Waals surface area contributed by atoms with E-state index in [9.17, 15) is 5.11 Å². The number of hydrogen-bond donors (Lipinski definition) is 2. The summed E-state index contributed by atoms with van der Waals surface area (Å²) in [6.45, 7) is 0.712. The zero-order chi connectivity index (χ0) is 14.9. The number of rotatable bonds is 3. The van der Waals surface area contributed by atoms with Gasteiger partial charge in [0.15, 0.2) is 0 Å². The predicted molar refractivity (Wildman–Crippen MR) is 90.1 cm³/mol. The summed E-state index contributed by atoms with van der Waals surface area (Å²) in [5.41, 5.74) is 3.67. The first-order chi connectivity index (χ1) is 10.8. The summed E-state index contributed by atoms with van der Waals surface area (Å²) < 4.78 is 1.22. The number of nitrogens with one attached hydrogen (secondary N) is 1. The van der Waals surface area contributed by atoms with Crippen molar-refractivity contribution >= 4 is 21.6 Å². The van der Waals surface area contributed by atoms with E-state index in [1.54, 1.807) is 11.3 Å². The minimum atomic E-state index is -0.329. The molecule has 0 amide bonds. The Labute approximate surface area is 133 Å². The maximum atomic E-state index is 10.4. The molecule has 2 atom stereocenters. The molecule has 0 saturated heterocycles. The quantitative estimate of drug-likeness (QED) is 0.782. The second kappa shape index (κ2) is 5.80. The lowest BCUT2D eigenvalue weighted by Crippen LogP contribution is -2.45. The Hall–Kier alpha value is -1.75. The highest BCUT2D eigenvalue weighted by Gasteiger charge is 2.26. The summed E-state index contributed by atoms with van der Waals surface area (Å²) in [7, 11) is 0. The van der Waals surface area contributed by atoms with Crippen LogP contribution in [0.5, 0.6) is 0 Å². The molecule has 3 nitrogen and oxygen atoms in total. The molecule has 1 aliphatic rings. The minimum Gasteiger partial charge on any atom is -0.391 e. The number of nitrogens with zero attached hydrogens (tertiary/aromatic N) is 1. The number of benzene rings is 2. The largest absolute Gasteiger partial charge is 0.391 e. The number of hydrogen-bond acceptors (Lipinski definition) is 4. The average Bonchev–Trinajstić information content (AvgIpc) is 2.95. The summed E-state index contributed by atoms with van der Waals surface area (Å²) in [5, 5.41) is 14.9. The smallest absolute Gasteiger partial charge is 0.108 e. The van der Waals surface area contributed by atoms with Crippen LogP contribution in [0, 0.1) is 0 Å². The minimum absolute atomic E-state index is 0.0990. The molecule has 2 N–H and O–H groups in total. The normalized spacial score (nSPS) is 21.0. The number of aromatic nitrogens is 1. The van der Waals surface area contributed by atoms with E-state index < -0.39 is 0 Å². The highest BCUT2D eigenvalue weighted by Crippen LogP contribution is 2.24. The van der Waals surface area contributed by atoms with Crippen LogP contribution in [0.2, 0.25) is 0 Å². The van der Waals surface area contributed by atoms with Gasteiger partial charge in [0.1, 0.15) is 5.01 Å². The van der Waals surface area contributed by atoms with Gasteiger partial charge in [-0.2, -0.15) is 0 Å². The van der Waals surface area contributed by atoms with Crippen LogP contribution < -0.4 is 5.32 Å². The Morgan fingerprint density at radius 3 is 2.59 bits per heavy atom. The number of aliphatic hydroxyl groups excluding tert-OH is 1. The molecule has 4 heteroatoms. The van der Waals surface area contributed by atoms with Crippen LogP contribution in [0.1, 0.15) is 16.1 Å². The van der Waals surface area contributed by atoms with Gasteiger partial charge >= 0.3 is 0 Å². The van der Waals surface area contributed by atoms with Crippen molar-refractivity contribution in [3.63, 3.8) is 0 Å². The lowest BCUT2D eigenvalue weighted by molar-refractivity contribution is 0.118. The van der Waals surface area contributed by atoms with Gasteiger partial charge in [0.05, 0.1) is 16.3 Å². The first kappa shape index (κ1) is 13.9. The molecule has 0 spiro atoms. The van der Waals surface area contributed by atoms with Gasteiger partial charge in [-0.15, -0.1) is 11.3 Å². The molecule has 1 aliphatic carbocycles. The van der Waals surface area contributed by atoms with Crippen LogP contribution in [0.4, 0.5) is 0 Å². The van der Waals surface area contributed by atoms with Crippen LogP contribution >= 0.6 is 11.3 Å². The average molecular weight is 310 g/mol. The molecule has 0 bridgehead atoms. The van der Waals surface area contributed by atoms with Gasteiger partial charge in [-0.1, -0.05) is 36.4 Å². The summed E-state index contributed by atoms with van der Waals surface area (Å²) in [6.07, 6.45) is 1.28. The molecule has 2 aromatic carbocycles. The van der Waals surface area contributed by atoms with Crippen molar-refractivity contribution in [3.8, 4) is 0 Å². The summed E-state index contributed by atoms with van der Waals surface area (Å²) >= 11 is 1.72. The van der Waals surface area contributed by atoms with Crippen LogP contribution in [0.25, 0.3) is 10.2 Å². The van der Waals surface area contributed by atoms with E-state index in [1.165, 1.54) is 15.8 Å². The van der Waals surface area contributed by atoms with Crippen molar-refractivity contribution in [1.29, 1.82) is 0 Å². The van der Waals surface area contributed by atoms with Gasteiger partial charge in [-0.3, -0.25) is 0 Å². The predicted octanol–water partition coefficient (Wildman–Crippen LogP) is 2.91. The standard InChI is InChI=1S/C18H18N2OS/c21-16-10-13-6-2-1-5-12(13)9-15(16)19-11-18-20-14-7-3-4-8-17(14)22-18/h1-8,15-16,19,21H,9-11H2/t15-,16-/m0/s1. The number of thiazole rings is 1.